The normalized spacial score (nSPS) is 25.4. The molecule has 0 aromatic rings. The van der Waals surface area contributed by atoms with E-state index < -0.39 is 0 Å². The molecule has 1 nitrogen and oxygen atoms in total. The van der Waals surface area contributed by atoms with Gasteiger partial charge in [-0.3, -0.25) is 0 Å². The summed E-state index contributed by atoms with van der Waals surface area (Å²) in [6, 6.07) is 0. The zero-order valence-electron chi connectivity index (χ0n) is 10.4. The molecule has 1 N–H and O–H groups in total. The topological polar surface area (TPSA) is 12.0 Å². The zero-order valence-corrected chi connectivity index (χ0v) is 10.4. The van der Waals surface area contributed by atoms with Gasteiger partial charge in [0.05, 0.1) is 0 Å². The lowest BCUT2D eigenvalue weighted by atomic mass is 9.78. The van der Waals surface area contributed by atoms with Gasteiger partial charge in [-0.2, -0.15) is 0 Å². The molecule has 0 saturated carbocycles. The first-order chi connectivity index (χ1) is 6.31. The number of hydrogen-bond donors (Lipinski definition) is 1. The SMILES string of the molecule is CC(C)(C)C/C=C1/CCNCC1(C)C. The second-order valence-corrected chi connectivity index (χ2v) is 6.30. The van der Waals surface area contributed by atoms with Crippen LogP contribution < -0.4 is 5.32 Å². The second-order valence-electron chi connectivity index (χ2n) is 6.30. The van der Waals surface area contributed by atoms with Crippen molar-refractivity contribution < 1.29 is 0 Å². The molecule has 1 aliphatic rings. The van der Waals surface area contributed by atoms with Gasteiger partial charge in [0.2, 0.25) is 0 Å². The van der Waals surface area contributed by atoms with Crippen LogP contribution in [0.1, 0.15) is 47.5 Å². The molecule has 0 spiro atoms. The van der Waals surface area contributed by atoms with Gasteiger partial charge >= 0.3 is 0 Å². The second kappa shape index (κ2) is 4.06. The Morgan fingerprint density at radius 1 is 1.36 bits per heavy atom. The molecule has 0 aromatic carbocycles. The molecule has 1 saturated heterocycles. The van der Waals surface area contributed by atoms with Crippen LogP contribution in [0.4, 0.5) is 0 Å². The van der Waals surface area contributed by atoms with E-state index in [0.717, 1.165) is 13.1 Å². The zero-order chi connectivity index (χ0) is 10.8. The summed E-state index contributed by atoms with van der Waals surface area (Å²) in [5.74, 6) is 0. The largest absolute Gasteiger partial charge is 0.316 e. The van der Waals surface area contributed by atoms with Crippen molar-refractivity contribution in [2.45, 2.75) is 47.5 Å². The molecule has 1 heterocycles. The maximum atomic E-state index is 3.46. The Morgan fingerprint density at radius 3 is 2.50 bits per heavy atom. The molecular formula is C13H25N. The summed E-state index contributed by atoms with van der Waals surface area (Å²) in [6.07, 6.45) is 4.90. The Morgan fingerprint density at radius 2 is 2.00 bits per heavy atom. The fraction of sp³-hybridized carbons (Fsp3) is 0.846. The first kappa shape index (κ1) is 11.8. The molecule has 0 amide bonds. The highest BCUT2D eigenvalue weighted by molar-refractivity contribution is 5.16. The van der Waals surface area contributed by atoms with Gasteiger partial charge < -0.3 is 5.32 Å². The first-order valence-corrected chi connectivity index (χ1v) is 5.71. The summed E-state index contributed by atoms with van der Waals surface area (Å²) < 4.78 is 0. The Bertz CT molecular complexity index is 218. The Labute approximate surface area is 89.0 Å². The minimum absolute atomic E-state index is 0.365. The molecule has 0 bridgehead atoms. The minimum Gasteiger partial charge on any atom is -0.316 e. The van der Waals surface area contributed by atoms with Crippen LogP contribution in [-0.2, 0) is 0 Å². The summed E-state index contributed by atoms with van der Waals surface area (Å²) >= 11 is 0. The van der Waals surface area contributed by atoms with Gasteiger partial charge in [-0.1, -0.05) is 46.3 Å². The molecule has 1 rings (SSSR count). The lowest BCUT2D eigenvalue weighted by Gasteiger charge is -2.34. The molecule has 1 fully saturated rings. The van der Waals surface area contributed by atoms with Crippen molar-refractivity contribution in [2.24, 2.45) is 10.8 Å². The summed E-state index contributed by atoms with van der Waals surface area (Å²) in [7, 11) is 0. The maximum Gasteiger partial charge on any atom is 0.00400 e. The molecule has 14 heavy (non-hydrogen) atoms. The van der Waals surface area contributed by atoms with Crippen LogP contribution in [0, 0.1) is 10.8 Å². The molecule has 0 radical (unpaired) electrons. The number of hydrogen-bond acceptors (Lipinski definition) is 1. The van der Waals surface area contributed by atoms with E-state index in [4.69, 9.17) is 0 Å². The van der Waals surface area contributed by atoms with Crippen molar-refractivity contribution in [3.8, 4) is 0 Å². The van der Waals surface area contributed by atoms with E-state index in [0.29, 0.717) is 10.8 Å². The standard InChI is InChI=1S/C13H25N/c1-12(2,3)8-6-11-7-9-14-10-13(11,4)5/h6,14H,7-10H2,1-5H3/b11-6-. The molecule has 0 atom stereocenters. The average Bonchev–Trinajstić information content (AvgIpc) is 2.00. The highest BCUT2D eigenvalue weighted by Gasteiger charge is 2.26. The summed E-state index contributed by atoms with van der Waals surface area (Å²) in [5.41, 5.74) is 2.43. The molecule has 1 aliphatic heterocycles. The lowest BCUT2D eigenvalue weighted by molar-refractivity contribution is 0.348. The van der Waals surface area contributed by atoms with Gasteiger partial charge in [0.1, 0.15) is 0 Å². The van der Waals surface area contributed by atoms with E-state index >= 15 is 0 Å². The van der Waals surface area contributed by atoms with Crippen molar-refractivity contribution >= 4 is 0 Å². The number of rotatable bonds is 1. The van der Waals surface area contributed by atoms with E-state index in [1.54, 1.807) is 5.57 Å². The number of nitrogens with one attached hydrogen (secondary N) is 1. The van der Waals surface area contributed by atoms with Gasteiger partial charge in [-0.15, -0.1) is 0 Å². The van der Waals surface area contributed by atoms with E-state index in [1.807, 2.05) is 0 Å². The van der Waals surface area contributed by atoms with Crippen molar-refractivity contribution in [3.05, 3.63) is 11.6 Å². The fourth-order valence-corrected chi connectivity index (χ4v) is 1.88. The first-order valence-electron chi connectivity index (χ1n) is 5.71. The van der Waals surface area contributed by atoms with E-state index in [-0.39, 0.29) is 0 Å². The van der Waals surface area contributed by atoms with E-state index in [2.05, 4.69) is 46.0 Å². The molecule has 0 aromatic heterocycles. The van der Waals surface area contributed by atoms with Gasteiger partial charge in [0.25, 0.3) is 0 Å². The Hall–Kier alpha value is -0.300. The van der Waals surface area contributed by atoms with Gasteiger partial charge in [0.15, 0.2) is 0 Å². The number of piperidine rings is 1. The predicted octanol–water partition coefficient (Wildman–Crippen LogP) is 3.37. The van der Waals surface area contributed by atoms with Gasteiger partial charge in [0, 0.05) is 6.54 Å². The van der Waals surface area contributed by atoms with Crippen LogP contribution in [0.3, 0.4) is 0 Å². The van der Waals surface area contributed by atoms with Gasteiger partial charge in [-0.05, 0) is 30.2 Å². The van der Waals surface area contributed by atoms with Crippen LogP contribution in [0.15, 0.2) is 11.6 Å². The quantitative estimate of drug-likeness (QED) is 0.633. The third-order valence-electron chi connectivity index (χ3n) is 2.97. The third-order valence-corrected chi connectivity index (χ3v) is 2.97. The maximum absolute atomic E-state index is 3.46. The van der Waals surface area contributed by atoms with Crippen molar-refractivity contribution in [1.82, 2.24) is 5.32 Å². The van der Waals surface area contributed by atoms with Crippen LogP contribution in [0.5, 0.6) is 0 Å². The smallest absolute Gasteiger partial charge is 0.00400 e. The molecule has 0 unspecified atom stereocenters. The molecular weight excluding hydrogens is 170 g/mol. The highest BCUT2D eigenvalue weighted by atomic mass is 14.9. The van der Waals surface area contributed by atoms with Crippen molar-refractivity contribution in [3.63, 3.8) is 0 Å². The van der Waals surface area contributed by atoms with Crippen molar-refractivity contribution in [1.29, 1.82) is 0 Å². The lowest BCUT2D eigenvalue weighted by Crippen LogP contribution is -2.37. The molecule has 0 aliphatic carbocycles. The van der Waals surface area contributed by atoms with Crippen LogP contribution in [0.2, 0.25) is 0 Å². The third kappa shape index (κ3) is 3.45. The summed E-state index contributed by atoms with van der Waals surface area (Å²) in [4.78, 5) is 0. The Kier molecular flexibility index (Phi) is 3.41. The predicted molar refractivity (Wildman–Crippen MR) is 63.4 cm³/mol. The van der Waals surface area contributed by atoms with Crippen molar-refractivity contribution in [2.75, 3.05) is 13.1 Å². The minimum atomic E-state index is 0.365. The van der Waals surface area contributed by atoms with E-state index in [9.17, 15) is 0 Å². The molecule has 82 valence electrons. The number of allylic oxidation sites excluding steroid dienone is 1. The molecule has 1 heteroatoms. The highest BCUT2D eigenvalue weighted by Crippen LogP contribution is 2.32. The summed E-state index contributed by atoms with van der Waals surface area (Å²) in [5, 5.41) is 3.46. The monoisotopic (exact) mass is 195 g/mol. The van der Waals surface area contributed by atoms with Crippen LogP contribution in [-0.4, -0.2) is 13.1 Å². The van der Waals surface area contributed by atoms with Gasteiger partial charge in [-0.25, -0.2) is 0 Å². The van der Waals surface area contributed by atoms with Crippen LogP contribution >= 0.6 is 0 Å². The Balaban J connectivity index is 2.65. The van der Waals surface area contributed by atoms with E-state index in [1.165, 1.54) is 12.8 Å². The summed E-state index contributed by atoms with van der Waals surface area (Å²) in [6.45, 7) is 13.9. The fourth-order valence-electron chi connectivity index (χ4n) is 1.88. The van der Waals surface area contributed by atoms with Crippen LogP contribution in [0.25, 0.3) is 0 Å². The average molecular weight is 195 g/mol.